The maximum absolute atomic E-state index is 13.8. The van der Waals surface area contributed by atoms with Crippen molar-refractivity contribution in [3.63, 3.8) is 0 Å². The number of aromatic nitrogens is 3. The second-order valence-electron chi connectivity index (χ2n) is 5.61. The molecule has 2 aliphatic heterocycles. The van der Waals surface area contributed by atoms with Crippen LogP contribution in [0.3, 0.4) is 0 Å². The lowest BCUT2D eigenvalue weighted by Gasteiger charge is -2.55. The van der Waals surface area contributed by atoms with Gasteiger partial charge in [-0.05, 0) is 12.1 Å². The third-order valence-corrected chi connectivity index (χ3v) is 4.15. The lowest BCUT2D eigenvalue weighted by Crippen LogP contribution is -2.66. The number of hydrogen-bond acceptors (Lipinski definition) is 5. The van der Waals surface area contributed by atoms with Crippen LogP contribution in [0, 0.1) is 11.2 Å². The summed E-state index contributed by atoms with van der Waals surface area (Å²) in [7, 11) is 0. The van der Waals surface area contributed by atoms with Crippen LogP contribution in [0.4, 0.5) is 10.2 Å². The van der Waals surface area contributed by atoms with Crippen molar-refractivity contribution in [2.75, 3.05) is 31.2 Å². The largest absolute Gasteiger partial charge is 0.380 e. The van der Waals surface area contributed by atoms with Gasteiger partial charge in [-0.15, -0.1) is 10.2 Å². The minimum atomic E-state index is -0.452. The van der Waals surface area contributed by atoms with E-state index in [1.54, 1.807) is 6.07 Å². The zero-order chi connectivity index (χ0) is 14.4. The third kappa shape index (κ3) is 2.15. The second kappa shape index (κ2) is 4.61. The van der Waals surface area contributed by atoms with Gasteiger partial charge in [0, 0.05) is 25.4 Å². The second-order valence-corrected chi connectivity index (χ2v) is 6.00. The molecule has 2 aromatic rings. The number of hydrogen-bond donors (Lipinski definition) is 0. The highest BCUT2D eigenvalue weighted by Crippen LogP contribution is 2.39. The Balaban J connectivity index is 1.53. The molecule has 2 saturated heterocycles. The monoisotopic (exact) mass is 306 g/mol. The predicted octanol–water partition coefficient (Wildman–Crippen LogP) is 2.17. The van der Waals surface area contributed by atoms with Crippen LogP contribution in [0.2, 0.25) is 5.15 Å². The Morgan fingerprint density at radius 1 is 1.24 bits per heavy atom. The van der Waals surface area contributed by atoms with Crippen molar-refractivity contribution in [2.45, 2.75) is 0 Å². The van der Waals surface area contributed by atoms with Gasteiger partial charge in [0.15, 0.2) is 5.82 Å². The van der Waals surface area contributed by atoms with E-state index >= 15 is 0 Å². The smallest absolute Gasteiger partial charge is 0.151 e. The Morgan fingerprint density at radius 3 is 2.62 bits per heavy atom. The number of anilines is 1. The molecule has 0 radical (unpaired) electrons. The number of rotatable bonds is 2. The van der Waals surface area contributed by atoms with Gasteiger partial charge < -0.3 is 9.64 Å². The maximum Gasteiger partial charge on any atom is 0.151 e. The summed E-state index contributed by atoms with van der Waals surface area (Å²) >= 11 is 5.64. The van der Waals surface area contributed by atoms with Crippen LogP contribution in [0.15, 0.2) is 24.4 Å². The number of pyridine rings is 1. The first-order valence-corrected chi connectivity index (χ1v) is 7.01. The summed E-state index contributed by atoms with van der Waals surface area (Å²) in [5.41, 5.74) is 1.07. The number of ether oxygens (including phenoxy) is 1. The summed E-state index contributed by atoms with van der Waals surface area (Å²) in [5, 5.41) is 8.38. The molecule has 2 aromatic heterocycles. The summed E-state index contributed by atoms with van der Waals surface area (Å²) in [6.07, 6.45) is 1.37. The Hall–Kier alpha value is -1.79. The molecule has 0 amide bonds. The van der Waals surface area contributed by atoms with Crippen molar-refractivity contribution in [2.24, 2.45) is 5.41 Å². The molecule has 0 bridgehead atoms. The van der Waals surface area contributed by atoms with E-state index < -0.39 is 5.82 Å². The quantitative estimate of drug-likeness (QED) is 0.796. The predicted molar refractivity (Wildman–Crippen MR) is 75.7 cm³/mol. The summed E-state index contributed by atoms with van der Waals surface area (Å²) in [5.74, 6) is 0.352. The highest BCUT2D eigenvalue weighted by atomic mass is 35.5. The molecule has 4 heterocycles. The molecule has 5 nitrogen and oxygen atoms in total. The normalized spacial score (nSPS) is 19.2. The standard InChI is InChI=1S/C14H12ClFN4O/c15-12-3-10(16)9(4-17-12)11-1-2-13(19-18-11)20-5-14(6-20)7-21-8-14/h1-4H,5-8H2. The first kappa shape index (κ1) is 12.9. The zero-order valence-corrected chi connectivity index (χ0v) is 11.8. The fraction of sp³-hybridized carbons (Fsp3) is 0.357. The van der Waals surface area contributed by atoms with Gasteiger partial charge in [0.25, 0.3) is 0 Å². The first-order chi connectivity index (χ1) is 10.2. The van der Waals surface area contributed by atoms with Crippen LogP contribution >= 0.6 is 11.6 Å². The Morgan fingerprint density at radius 2 is 2.05 bits per heavy atom. The maximum atomic E-state index is 13.8. The van der Waals surface area contributed by atoms with Gasteiger partial charge in [0.1, 0.15) is 11.0 Å². The SMILES string of the molecule is Fc1cc(Cl)ncc1-c1ccc(N2CC3(COC3)C2)nn1. The molecule has 7 heteroatoms. The molecule has 2 fully saturated rings. The van der Waals surface area contributed by atoms with Gasteiger partial charge >= 0.3 is 0 Å². The molecule has 2 aliphatic rings. The molecule has 0 saturated carbocycles. The van der Waals surface area contributed by atoms with E-state index in [0.717, 1.165) is 32.1 Å². The van der Waals surface area contributed by atoms with E-state index in [2.05, 4.69) is 20.1 Å². The van der Waals surface area contributed by atoms with E-state index in [0.29, 0.717) is 16.7 Å². The molecule has 21 heavy (non-hydrogen) atoms. The fourth-order valence-electron chi connectivity index (χ4n) is 2.73. The van der Waals surface area contributed by atoms with Crippen LogP contribution < -0.4 is 4.90 Å². The van der Waals surface area contributed by atoms with Gasteiger partial charge in [-0.25, -0.2) is 9.37 Å². The Kier molecular flexibility index (Phi) is 2.83. The average molecular weight is 307 g/mol. The molecule has 0 aromatic carbocycles. The molecule has 1 spiro atoms. The average Bonchev–Trinajstić information content (AvgIpc) is 2.36. The summed E-state index contributed by atoms with van der Waals surface area (Å²) in [4.78, 5) is 6.02. The van der Waals surface area contributed by atoms with Gasteiger partial charge in [-0.2, -0.15) is 0 Å². The lowest BCUT2D eigenvalue weighted by molar-refractivity contribution is -0.127. The summed E-state index contributed by atoms with van der Waals surface area (Å²) in [6.45, 7) is 3.54. The van der Waals surface area contributed by atoms with E-state index in [1.807, 2.05) is 6.07 Å². The molecular weight excluding hydrogens is 295 g/mol. The van der Waals surface area contributed by atoms with Gasteiger partial charge in [0.2, 0.25) is 0 Å². The van der Waals surface area contributed by atoms with Crippen LogP contribution in [-0.4, -0.2) is 41.5 Å². The van der Waals surface area contributed by atoms with Crippen molar-refractivity contribution in [1.29, 1.82) is 0 Å². The van der Waals surface area contributed by atoms with Crippen LogP contribution in [0.25, 0.3) is 11.3 Å². The number of halogens is 2. The fourth-order valence-corrected chi connectivity index (χ4v) is 2.88. The zero-order valence-electron chi connectivity index (χ0n) is 11.1. The molecule has 4 rings (SSSR count). The van der Waals surface area contributed by atoms with E-state index in [4.69, 9.17) is 16.3 Å². The van der Waals surface area contributed by atoms with Crippen LogP contribution in [0.1, 0.15) is 0 Å². The van der Waals surface area contributed by atoms with Gasteiger partial charge in [-0.3, -0.25) is 0 Å². The molecule has 0 aliphatic carbocycles. The molecule has 108 valence electrons. The number of nitrogens with zero attached hydrogens (tertiary/aromatic N) is 4. The highest BCUT2D eigenvalue weighted by molar-refractivity contribution is 6.29. The minimum Gasteiger partial charge on any atom is -0.380 e. The highest BCUT2D eigenvalue weighted by Gasteiger charge is 2.49. The van der Waals surface area contributed by atoms with E-state index in [9.17, 15) is 4.39 Å². The van der Waals surface area contributed by atoms with Gasteiger partial charge in [0.05, 0.1) is 29.9 Å². The summed E-state index contributed by atoms with van der Waals surface area (Å²) in [6, 6.07) is 4.77. The summed E-state index contributed by atoms with van der Waals surface area (Å²) < 4.78 is 19.1. The lowest BCUT2D eigenvalue weighted by atomic mass is 9.78. The molecule has 0 unspecified atom stereocenters. The van der Waals surface area contributed by atoms with Crippen molar-refractivity contribution in [3.05, 3.63) is 35.4 Å². The molecular formula is C14H12ClFN4O. The van der Waals surface area contributed by atoms with Crippen molar-refractivity contribution in [1.82, 2.24) is 15.2 Å². The van der Waals surface area contributed by atoms with Crippen molar-refractivity contribution < 1.29 is 9.13 Å². The van der Waals surface area contributed by atoms with Crippen molar-refractivity contribution >= 4 is 17.4 Å². The molecule has 0 atom stereocenters. The first-order valence-electron chi connectivity index (χ1n) is 6.63. The topological polar surface area (TPSA) is 51.1 Å². The van der Waals surface area contributed by atoms with E-state index in [1.165, 1.54) is 12.3 Å². The van der Waals surface area contributed by atoms with Crippen LogP contribution in [-0.2, 0) is 4.74 Å². The van der Waals surface area contributed by atoms with Gasteiger partial charge in [-0.1, -0.05) is 11.6 Å². The van der Waals surface area contributed by atoms with Crippen molar-refractivity contribution in [3.8, 4) is 11.3 Å². The molecule has 0 N–H and O–H groups in total. The Labute approximate surface area is 125 Å². The van der Waals surface area contributed by atoms with Crippen LogP contribution in [0.5, 0.6) is 0 Å². The third-order valence-electron chi connectivity index (χ3n) is 3.94. The Bertz CT molecular complexity index is 682. The van der Waals surface area contributed by atoms with E-state index in [-0.39, 0.29) is 5.15 Å². The minimum absolute atomic E-state index is 0.120.